The van der Waals surface area contributed by atoms with Gasteiger partial charge in [0.05, 0.1) is 0 Å². The molecule has 2 aromatic rings. The molecule has 0 spiro atoms. The molecule has 1 heterocycles. The second-order valence-corrected chi connectivity index (χ2v) is 5.80. The highest BCUT2D eigenvalue weighted by Gasteiger charge is 2.28. The Morgan fingerprint density at radius 1 is 1.21 bits per heavy atom. The second kappa shape index (κ2) is 4.82. The van der Waals surface area contributed by atoms with E-state index < -0.39 is 0 Å². The Balaban J connectivity index is 1.99. The maximum atomic E-state index is 12.0. The summed E-state index contributed by atoms with van der Waals surface area (Å²) in [6, 6.07) is 12.3. The van der Waals surface area contributed by atoms with Crippen molar-refractivity contribution in [3.63, 3.8) is 0 Å². The summed E-state index contributed by atoms with van der Waals surface area (Å²) in [6.45, 7) is 4.52. The number of nitrogens with zero attached hydrogens (tertiary/aromatic N) is 1. The number of hydrogen-bond acceptors (Lipinski definition) is 1. The van der Waals surface area contributed by atoms with Crippen molar-refractivity contribution in [1.29, 1.82) is 0 Å². The standard InChI is InChI=1S/C16H14BrNO/c1-2-11-7-16(19)18(10-11)15-6-4-12-8-14(17)5-3-13(12)9-15/h2-6,8-9,11H,1,7,10H2. The number of anilines is 1. The van der Waals surface area contributed by atoms with E-state index in [2.05, 4.69) is 46.8 Å². The number of rotatable bonds is 2. The maximum Gasteiger partial charge on any atom is 0.227 e. The first-order valence-corrected chi connectivity index (χ1v) is 7.09. The van der Waals surface area contributed by atoms with Crippen LogP contribution in [0.1, 0.15) is 6.42 Å². The molecule has 2 aromatic carbocycles. The number of benzene rings is 2. The molecule has 0 aromatic heterocycles. The van der Waals surface area contributed by atoms with Crippen LogP contribution in [0, 0.1) is 5.92 Å². The van der Waals surface area contributed by atoms with Gasteiger partial charge in [0.1, 0.15) is 0 Å². The number of halogens is 1. The van der Waals surface area contributed by atoms with Gasteiger partial charge in [0.25, 0.3) is 0 Å². The van der Waals surface area contributed by atoms with Crippen LogP contribution in [0.25, 0.3) is 10.8 Å². The van der Waals surface area contributed by atoms with Gasteiger partial charge in [-0.3, -0.25) is 4.79 Å². The summed E-state index contributed by atoms with van der Waals surface area (Å²) >= 11 is 3.47. The van der Waals surface area contributed by atoms with Gasteiger partial charge in [0.15, 0.2) is 0 Å². The third kappa shape index (κ3) is 2.30. The number of fused-ring (bicyclic) bond motifs is 1. The fourth-order valence-electron chi connectivity index (χ4n) is 2.51. The molecule has 1 amide bonds. The molecule has 0 aliphatic carbocycles. The molecule has 0 bridgehead atoms. The average Bonchev–Trinajstić information content (AvgIpc) is 2.79. The van der Waals surface area contributed by atoms with Gasteiger partial charge in [0, 0.05) is 29.0 Å². The second-order valence-electron chi connectivity index (χ2n) is 4.88. The van der Waals surface area contributed by atoms with E-state index >= 15 is 0 Å². The van der Waals surface area contributed by atoms with E-state index in [1.54, 1.807) is 0 Å². The third-order valence-corrected chi connectivity index (χ3v) is 4.08. The normalized spacial score (nSPS) is 19.1. The van der Waals surface area contributed by atoms with Crippen LogP contribution in [0.2, 0.25) is 0 Å². The van der Waals surface area contributed by atoms with E-state index in [4.69, 9.17) is 0 Å². The van der Waals surface area contributed by atoms with E-state index in [0.29, 0.717) is 6.42 Å². The lowest BCUT2D eigenvalue weighted by Crippen LogP contribution is -2.24. The number of carbonyl (C=O) groups is 1. The predicted molar refractivity (Wildman–Crippen MR) is 82.3 cm³/mol. The van der Waals surface area contributed by atoms with Crippen LogP contribution in [0.3, 0.4) is 0 Å². The highest BCUT2D eigenvalue weighted by Crippen LogP contribution is 2.29. The molecular formula is C16H14BrNO. The van der Waals surface area contributed by atoms with Crippen molar-refractivity contribution in [3.05, 3.63) is 53.5 Å². The summed E-state index contributed by atoms with van der Waals surface area (Å²) in [5.41, 5.74) is 0.976. The van der Waals surface area contributed by atoms with E-state index in [1.165, 1.54) is 5.39 Å². The summed E-state index contributed by atoms with van der Waals surface area (Å²) in [5, 5.41) is 2.32. The molecule has 3 rings (SSSR count). The van der Waals surface area contributed by atoms with Crippen molar-refractivity contribution in [2.45, 2.75) is 6.42 Å². The topological polar surface area (TPSA) is 20.3 Å². The number of amides is 1. The molecule has 1 fully saturated rings. The van der Waals surface area contributed by atoms with Crippen LogP contribution < -0.4 is 4.90 Å². The predicted octanol–water partition coefficient (Wildman–Crippen LogP) is 4.14. The monoisotopic (exact) mass is 315 g/mol. The summed E-state index contributed by atoms with van der Waals surface area (Å²) < 4.78 is 1.07. The van der Waals surface area contributed by atoms with Crippen LogP contribution in [0.5, 0.6) is 0 Å². The molecule has 1 atom stereocenters. The Hall–Kier alpha value is -1.61. The Morgan fingerprint density at radius 2 is 1.95 bits per heavy atom. The van der Waals surface area contributed by atoms with Crippen LogP contribution in [0.4, 0.5) is 5.69 Å². The zero-order valence-electron chi connectivity index (χ0n) is 10.5. The van der Waals surface area contributed by atoms with Gasteiger partial charge in [-0.1, -0.05) is 34.1 Å². The summed E-state index contributed by atoms with van der Waals surface area (Å²) in [4.78, 5) is 13.9. The molecule has 1 unspecified atom stereocenters. The molecule has 96 valence electrons. The molecule has 0 N–H and O–H groups in total. The van der Waals surface area contributed by atoms with E-state index in [9.17, 15) is 4.79 Å². The first-order valence-electron chi connectivity index (χ1n) is 6.29. The van der Waals surface area contributed by atoms with Crippen molar-refractivity contribution in [2.75, 3.05) is 11.4 Å². The molecule has 19 heavy (non-hydrogen) atoms. The highest BCUT2D eigenvalue weighted by molar-refractivity contribution is 9.10. The van der Waals surface area contributed by atoms with Gasteiger partial charge in [-0.25, -0.2) is 0 Å². The first-order chi connectivity index (χ1) is 9.17. The van der Waals surface area contributed by atoms with Crippen LogP contribution >= 0.6 is 15.9 Å². The molecule has 1 saturated heterocycles. The molecule has 1 aliphatic rings. The fourth-order valence-corrected chi connectivity index (χ4v) is 2.89. The molecule has 2 nitrogen and oxygen atoms in total. The SMILES string of the molecule is C=CC1CC(=O)N(c2ccc3cc(Br)ccc3c2)C1. The third-order valence-electron chi connectivity index (χ3n) is 3.59. The Bertz CT molecular complexity index is 665. The van der Waals surface area contributed by atoms with Gasteiger partial charge >= 0.3 is 0 Å². The fraction of sp³-hybridized carbons (Fsp3) is 0.188. The van der Waals surface area contributed by atoms with E-state index in [-0.39, 0.29) is 11.8 Å². The first kappa shape index (κ1) is 12.4. The summed E-state index contributed by atoms with van der Waals surface area (Å²) in [7, 11) is 0. The zero-order valence-corrected chi connectivity index (χ0v) is 12.1. The summed E-state index contributed by atoms with van der Waals surface area (Å²) in [5.74, 6) is 0.453. The van der Waals surface area contributed by atoms with Crippen LogP contribution in [-0.2, 0) is 4.79 Å². The van der Waals surface area contributed by atoms with Gasteiger partial charge in [-0.2, -0.15) is 0 Å². The quantitative estimate of drug-likeness (QED) is 0.763. The maximum absolute atomic E-state index is 12.0. The van der Waals surface area contributed by atoms with Crippen molar-refractivity contribution < 1.29 is 4.79 Å². The van der Waals surface area contributed by atoms with Crippen LogP contribution in [0.15, 0.2) is 53.5 Å². The zero-order chi connectivity index (χ0) is 13.4. The van der Waals surface area contributed by atoms with Gasteiger partial charge < -0.3 is 4.90 Å². The van der Waals surface area contributed by atoms with E-state index in [0.717, 1.165) is 22.1 Å². The number of carbonyl (C=O) groups excluding carboxylic acids is 1. The molecule has 0 radical (unpaired) electrons. The van der Waals surface area contributed by atoms with E-state index in [1.807, 2.05) is 23.1 Å². The van der Waals surface area contributed by atoms with Crippen molar-refractivity contribution in [3.8, 4) is 0 Å². The summed E-state index contributed by atoms with van der Waals surface area (Å²) in [6.07, 6.45) is 2.44. The lowest BCUT2D eigenvalue weighted by atomic mass is 10.1. The van der Waals surface area contributed by atoms with Crippen molar-refractivity contribution in [1.82, 2.24) is 0 Å². The highest BCUT2D eigenvalue weighted by atomic mass is 79.9. The van der Waals surface area contributed by atoms with Gasteiger partial charge in [0.2, 0.25) is 5.91 Å². The smallest absolute Gasteiger partial charge is 0.227 e. The lowest BCUT2D eigenvalue weighted by Gasteiger charge is -2.17. The molecule has 3 heteroatoms. The molecule has 1 aliphatic heterocycles. The number of hydrogen-bond donors (Lipinski definition) is 0. The Labute approximate surface area is 120 Å². The van der Waals surface area contributed by atoms with Crippen molar-refractivity contribution in [2.24, 2.45) is 5.92 Å². The minimum absolute atomic E-state index is 0.182. The van der Waals surface area contributed by atoms with Crippen molar-refractivity contribution >= 4 is 38.3 Å². The lowest BCUT2D eigenvalue weighted by molar-refractivity contribution is -0.117. The van der Waals surface area contributed by atoms with Gasteiger partial charge in [-0.05, 0) is 35.0 Å². The minimum Gasteiger partial charge on any atom is -0.312 e. The largest absolute Gasteiger partial charge is 0.312 e. The Morgan fingerprint density at radius 3 is 2.68 bits per heavy atom. The molecular weight excluding hydrogens is 302 g/mol. The average molecular weight is 316 g/mol. The molecule has 0 saturated carbocycles. The van der Waals surface area contributed by atoms with Gasteiger partial charge in [-0.15, -0.1) is 6.58 Å². The van der Waals surface area contributed by atoms with Crippen LogP contribution in [-0.4, -0.2) is 12.5 Å². The minimum atomic E-state index is 0.182. The Kier molecular flexibility index (Phi) is 3.15.